The van der Waals surface area contributed by atoms with Gasteiger partial charge in [-0.3, -0.25) is 0 Å². The minimum absolute atomic E-state index is 0.167. The van der Waals surface area contributed by atoms with E-state index in [0.717, 1.165) is 12.8 Å². The van der Waals surface area contributed by atoms with Gasteiger partial charge in [-0.1, -0.05) is 0 Å². The molecule has 1 saturated carbocycles. The van der Waals surface area contributed by atoms with Crippen LogP contribution in [0.3, 0.4) is 0 Å². The van der Waals surface area contributed by atoms with Crippen LogP contribution < -0.4 is 5.32 Å². The highest BCUT2D eigenvalue weighted by atomic mass is 16.5. The van der Waals surface area contributed by atoms with Crippen molar-refractivity contribution in [1.82, 2.24) is 5.32 Å². The van der Waals surface area contributed by atoms with Crippen LogP contribution in [0.2, 0.25) is 0 Å². The molecule has 0 saturated heterocycles. The summed E-state index contributed by atoms with van der Waals surface area (Å²) >= 11 is 0. The summed E-state index contributed by atoms with van der Waals surface area (Å²) in [6.07, 6.45) is 2.79. The number of carbonyl (C=O) groups excluding carboxylic acids is 1. The fourth-order valence-electron chi connectivity index (χ4n) is 1.70. The molecule has 1 heterocycles. The van der Waals surface area contributed by atoms with Crippen molar-refractivity contribution in [3.63, 3.8) is 0 Å². The predicted octanol–water partition coefficient (Wildman–Crippen LogP) is 0.679. The smallest absolute Gasteiger partial charge is 0.341 e. The lowest BCUT2D eigenvalue weighted by Gasteiger charge is -2.31. The van der Waals surface area contributed by atoms with Gasteiger partial charge in [0.25, 0.3) is 0 Å². The molecule has 0 aromatic carbocycles. The van der Waals surface area contributed by atoms with Crippen LogP contribution in [0.5, 0.6) is 0 Å². The fraction of sp³-hybridized carbons (Fsp3) is 0.545. The highest BCUT2D eigenvalue weighted by molar-refractivity contribution is 5.88. The average molecular weight is 225 g/mol. The molecule has 1 aliphatic rings. The Kier molecular flexibility index (Phi) is 3.26. The van der Waals surface area contributed by atoms with E-state index in [1.807, 2.05) is 0 Å². The highest BCUT2D eigenvalue weighted by Gasteiger charge is 2.26. The molecule has 16 heavy (non-hydrogen) atoms. The molecule has 0 aliphatic heterocycles. The number of esters is 1. The molecule has 0 bridgehead atoms. The first-order valence-corrected chi connectivity index (χ1v) is 5.26. The lowest BCUT2D eigenvalue weighted by molar-refractivity contribution is 0.0598. The normalized spacial score (nSPS) is 23.9. The third kappa shape index (κ3) is 2.43. The third-order valence-corrected chi connectivity index (χ3v) is 2.75. The number of aliphatic hydroxyl groups excluding tert-OH is 1. The number of ether oxygens (including phenoxy) is 1. The zero-order valence-corrected chi connectivity index (χ0v) is 9.10. The number of hydrogen-bond donors (Lipinski definition) is 2. The van der Waals surface area contributed by atoms with E-state index in [-0.39, 0.29) is 6.10 Å². The average Bonchev–Trinajstić information content (AvgIpc) is 2.70. The quantitative estimate of drug-likeness (QED) is 0.737. The monoisotopic (exact) mass is 225 g/mol. The predicted molar refractivity (Wildman–Crippen MR) is 55.9 cm³/mol. The Morgan fingerprint density at radius 1 is 1.69 bits per heavy atom. The summed E-state index contributed by atoms with van der Waals surface area (Å²) in [5, 5.41) is 12.3. The SMILES string of the molecule is COC(=O)c1coc(CNC2CC(O)C2)c1. The van der Waals surface area contributed by atoms with Gasteiger partial charge in [-0.05, 0) is 18.9 Å². The van der Waals surface area contributed by atoms with Crippen molar-refractivity contribution in [3.05, 3.63) is 23.7 Å². The van der Waals surface area contributed by atoms with Crippen LogP contribution in [-0.2, 0) is 11.3 Å². The van der Waals surface area contributed by atoms with Gasteiger partial charge in [-0.2, -0.15) is 0 Å². The molecule has 2 rings (SSSR count). The van der Waals surface area contributed by atoms with E-state index in [4.69, 9.17) is 9.52 Å². The summed E-state index contributed by atoms with van der Waals surface area (Å²) in [4.78, 5) is 11.1. The molecule has 0 amide bonds. The highest BCUT2D eigenvalue weighted by Crippen LogP contribution is 2.20. The Morgan fingerprint density at radius 3 is 3.06 bits per heavy atom. The molecule has 1 aromatic heterocycles. The molecule has 0 unspecified atom stereocenters. The van der Waals surface area contributed by atoms with Crippen LogP contribution in [0.1, 0.15) is 29.0 Å². The molecule has 1 aromatic rings. The maximum Gasteiger partial charge on any atom is 0.341 e. The topological polar surface area (TPSA) is 71.7 Å². The van der Waals surface area contributed by atoms with Gasteiger partial charge in [0.05, 0.1) is 25.3 Å². The molecule has 5 nitrogen and oxygen atoms in total. The first kappa shape index (κ1) is 11.2. The Morgan fingerprint density at radius 2 is 2.44 bits per heavy atom. The van der Waals surface area contributed by atoms with Crippen LogP contribution in [0.15, 0.2) is 16.7 Å². The minimum atomic E-state index is -0.394. The third-order valence-electron chi connectivity index (χ3n) is 2.75. The number of hydrogen-bond acceptors (Lipinski definition) is 5. The number of furan rings is 1. The Balaban J connectivity index is 1.81. The molecular formula is C11H15NO4. The first-order chi connectivity index (χ1) is 7.69. The number of carbonyl (C=O) groups is 1. The molecule has 1 fully saturated rings. The molecule has 0 atom stereocenters. The zero-order valence-electron chi connectivity index (χ0n) is 9.10. The Hall–Kier alpha value is -1.33. The standard InChI is InChI=1S/C11H15NO4/c1-15-11(14)7-2-10(16-6-7)5-12-8-3-9(13)4-8/h2,6,8-9,12-13H,3-5H2,1H3. The van der Waals surface area contributed by atoms with Crippen LogP contribution in [0.25, 0.3) is 0 Å². The molecule has 2 N–H and O–H groups in total. The molecule has 1 aliphatic carbocycles. The van der Waals surface area contributed by atoms with E-state index in [0.29, 0.717) is 23.9 Å². The fourth-order valence-corrected chi connectivity index (χ4v) is 1.70. The number of aliphatic hydroxyl groups is 1. The molecule has 0 spiro atoms. The maximum absolute atomic E-state index is 11.1. The number of nitrogens with one attached hydrogen (secondary N) is 1. The minimum Gasteiger partial charge on any atom is -0.467 e. The van der Waals surface area contributed by atoms with Gasteiger partial charge in [0.15, 0.2) is 0 Å². The van der Waals surface area contributed by atoms with Crippen molar-refractivity contribution in [2.75, 3.05) is 7.11 Å². The van der Waals surface area contributed by atoms with Crippen LogP contribution in [-0.4, -0.2) is 30.3 Å². The van der Waals surface area contributed by atoms with Gasteiger partial charge in [-0.25, -0.2) is 4.79 Å². The van der Waals surface area contributed by atoms with Gasteiger partial charge in [0.1, 0.15) is 12.0 Å². The largest absolute Gasteiger partial charge is 0.467 e. The van der Waals surface area contributed by atoms with Gasteiger partial charge in [0, 0.05) is 6.04 Å². The van der Waals surface area contributed by atoms with Crippen molar-refractivity contribution in [3.8, 4) is 0 Å². The van der Waals surface area contributed by atoms with E-state index in [9.17, 15) is 4.79 Å². The summed E-state index contributed by atoms with van der Waals surface area (Å²) < 4.78 is 9.78. The van der Waals surface area contributed by atoms with Crippen LogP contribution >= 0.6 is 0 Å². The summed E-state index contributed by atoms with van der Waals surface area (Å²) in [5.74, 6) is 0.302. The van der Waals surface area contributed by atoms with Crippen molar-refractivity contribution in [2.45, 2.75) is 31.5 Å². The second kappa shape index (κ2) is 4.67. The summed E-state index contributed by atoms with van der Waals surface area (Å²) in [7, 11) is 1.34. The number of methoxy groups -OCH3 is 1. The maximum atomic E-state index is 11.1. The van der Waals surface area contributed by atoms with Crippen LogP contribution in [0, 0.1) is 0 Å². The molecule has 0 radical (unpaired) electrons. The van der Waals surface area contributed by atoms with Gasteiger partial charge < -0.3 is 19.6 Å². The summed E-state index contributed by atoms with van der Waals surface area (Å²) in [6.45, 7) is 0.564. The van der Waals surface area contributed by atoms with E-state index >= 15 is 0 Å². The Bertz CT molecular complexity index is 368. The van der Waals surface area contributed by atoms with Crippen molar-refractivity contribution < 1.29 is 19.1 Å². The van der Waals surface area contributed by atoms with Crippen LogP contribution in [0.4, 0.5) is 0 Å². The van der Waals surface area contributed by atoms with Gasteiger partial charge in [-0.15, -0.1) is 0 Å². The lowest BCUT2D eigenvalue weighted by atomic mass is 9.89. The zero-order chi connectivity index (χ0) is 11.5. The second-order valence-electron chi connectivity index (χ2n) is 4.00. The van der Waals surface area contributed by atoms with E-state index < -0.39 is 5.97 Å². The van der Waals surface area contributed by atoms with Crippen molar-refractivity contribution in [2.24, 2.45) is 0 Å². The van der Waals surface area contributed by atoms with E-state index in [1.54, 1.807) is 6.07 Å². The second-order valence-corrected chi connectivity index (χ2v) is 4.00. The summed E-state index contributed by atoms with van der Waals surface area (Å²) in [6, 6.07) is 2.01. The van der Waals surface area contributed by atoms with Gasteiger partial charge >= 0.3 is 5.97 Å². The Labute approximate surface area is 93.4 Å². The lowest BCUT2D eigenvalue weighted by Crippen LogP contribution is -2.43. The van der Waals surface area contributed by atoms with Crippen molar-refractivity contribution in [1.29, 1.82) is 0 Å². The molecular weight excluding hydrogens is 210 g/mol. The molecule has 5 heteroatoms. The number of rotatable bonds is 4. The van der Waals surface area contributed by atoms with E-state index in [1.165, 1.54) is 13.4 Å². The molecule has 88 valence electrons. The summed E-state index contributed by atoms with van der Waals surface area (Å²) in [5.41, 5.74) is 0.424. The first-order valence-electron chi connectivity index (χ1n) is 5.26. The van der Waals surface area contributed by atoms with Gasteiger partial charge in [0.2, 0.25) is 0 Å². The van der Waals surface area contributed by atoms with E-state index in [2.05, 4.69) is 10.1 Å². The van der Waals surface area contributed by atoms with Crippen molar-refractivity contribution >= 4 is 5.97 Å².